The maximum atomic E-state index is 13.3. The van der Waals surface area contributed by atoms with Crippen molar-refractivity contribution in [2.45, 2.75) is 37.0 Å². The second kappa shape index (κ2) is 16.2. The van der Waals surface area contributed by atoms with Gasteiger partial charge < -0.3 is 15.5 Å². The first kappa shape index (κ1) is 32.9. The Morgan fingerprint density at radius 2 is 1.15 bits per heavy atom. The molecule has 0 saturated carbocycles. The lowest BCUT2D eigenvalue weighted by atomic mass is 9.71. The fourth-order valence-corrected chi connectivity index (χ4v) is 7.10. The van der Waals surface area contributed by atoms with Gasteiger partial charge in [0, 0.05) is 17.5 Å². The van der Waals surface area contributed by atoms with Crippen LogP contribution in [0.1, 0.15) is 58.6 Å². The molecular weight excluding hydrogens is 590 g/mol. The number of benzene rings is 5. The number of nitrogens with one attached hydrogen (secondary N) is 2. The highest BCUT2D eigenvalue weighted by Gasteiger charge is 2.34. The Hall–Kier alpha value is -5.00. The maximum absolute atomic E-state index is 13.3. The van der Waals surface area contributed by atoms with E-state index in [2.05, 4.69) is 94.4 Å². The highest BCUT2D eigenvalue weighted by molar-refractivity contribution is 5.96. The zero-order chi connectivity index (χ0) is 33.0. The Bertz CT molecular complexity index is 1680. The van der Waals surface area contributed by atoms with Crippen molar-refractivity contribution in [3.8, 4) is 11.1 Å². The Balaban J connectivity index is 1.09. The summed E-state index contributed by atoms with van der Waals surface area (Å²) in [6.45, 7) is 3.59. The standard InChI is InChI=1S/C43H45N3O2/c47-41(32-44-42(48)38-24-22-36(23-25-38)34-14-5-1-6-15-34)45-33-43(39-18-9-3-10-19-39,40-20-11-4-12-21-40)28-13-29-46-30-26-37(27-31-46)35-16-7-2-8-17-35/h1-12,14-25,37H,13,26-33H2,(H,44,48)(H,45,47). The van der Waals surface area contributed by atoms with Crippen LogP contribution in [0.5, 0.6) is 0 Å². The van der Waals surface area contributed by atoms with Gasteiger partial charge in [-0.3, -0.25) is 9.59 Å². The molecule has 0 aliphatic carbocycles. The van der Waals surface area contributed by atoms with E-state index in [-0.39, 0.29) is 18.4 Å². The van der Waals surface area contributed by atoms with Gasteiger partial charge >= 0.3 is 0 Å². The van der Waals surface area contributed by atoms with E-state index >= 15 is 0 Å². The number of carbonyl (C=O) groups is 2. The normalized spacial score (nSPS) is 13.9. The van der Waals surface area contributed by atoms with Gasteiger partial charge in [-0.15, -0.1) is 0 Å². The first-order valence-electron chi connectivity index (χ1n) is 17.2. The van der Waals surface area contributed by atoms with E-state index < -0.39 is 5.41 Å². The van der Waals surface area contributed by atoms with Crippen molar-refractivity contribution in [2.24, 2.45) is 0 Å². The van der Waals surface area contributed by atoms with Crippen LogP contribution in [0.15, 0.2) is 146 Å². The highest BCUT2D eigenvalue weighted by Crippen LogP contribution is 2.37. The molecular formula is C43H45N3O2. The van der Waals surface area contributed by atoms with Crippen LogP contribution in [0.25, 0.3) is 11.1 Å². The minimum atomic E-state index is -0.405. The second-order valence-electron chi connectivity index (χ2n) is 12.8. The predicted molar refractivity (Wildman–Crippen MR) is 195 cm³/mol. The van der Waals surface area contributed by atoms with Gasteiger partial charge in [-0.1, -0.05) is 133 Å². The minimum absolute atomic E-state index is 0.0880. The number of amides is 2. The molecule has 0 atom stereocenters. The number of hydrogen-bond donors (Lipinski definition) is 2. The molecule has 1 aliphatic rings. The van der Waals surface area contributed by atoms with Crippen LogP contribution < -0.4 is 10.6 Å². The van der Waals surface area contributed by atoms with Crippen LogP contribution >= 0.6 is 0 Å². The van der Waals surface area contributed by atoms with Crippen molar-refractivity contribution in [3.05, 3.63) is 168 Å². The summed E-state index contributed by atoms with van der Waals surface area (Å²) in [5, 5.41) is 6.02. The number of piperidine rings is 1. The smallest absolute Gasteiger partial charge is 0.251 e. The molecule has 0 aromatic heterocycles. The van der Waals surface area contributed by atoms with Gasteiger partial charge in [0.25, 0.3) is 5.91 Å². The molecule has 1 heterocycles. The molecule has 244 valence electrons. The first-order valence-corrected chi connectivity index (χ1v) is 17.2. The Kier molecular flexibility index (Phi) is 11.1. The maximum Gasteiger partial charge on any atom is 0.251 e. The lowest BCUT2D eigenvalue weighted by Gasteiger charge is -2.37. The predicted octanol–water partition coefficient (Wildman–Crippen LogP) is 7.85. The third kappa shape index (κ3) is 8.28. The lowest BCUT2D eigenvalue weighted by Crippen LogP contribution is -2.45. The third-order valence-electron chi connectivity index (χ3n) is 9.84. The summed E-state index contributed by atoms with van der Waals surface area (Å²) in [4.78, 5) is 28.8. The van der Waals surface area contributed by atoms with Crippen molar-refractivity contribution in [3.63, 3.8) is 0 Å². The quantitative estimate of drug-likeness (QED) is 0.139. The van der Waals surface area contributed by atoms with E-state index in [0.717, 1.165) is 43.6 Å². The molecule has 1 fully saturated rings. The Morgan fingerprint density at radius 3 is 1.73 bits per heavy atom. The summed E-state index contributed by atoms with van der Waals surface area (Å²) < 4.78 is 0. The summed E-state index contributed by atoms with van der Waals surface area (Å²) in [6, 6.07) is 49.5. The fourth-order valence-electron chi connectivity index (χ4n) is 7.10. The first-order chi connectivity index (χ1) is 23.6. The van der Waals surface area contributed by atoms with E-state index in [0.29, 0.717) is 18.0 Å². The average Bonchev–Trinajstić information content (AvgIpc) is 3.17. The molecule has 6 rings (SSSR count). The molecule has 5 nitrogen and oxygen atoms in total. The molecule has 5 aromatic carbocycles. The molecule has 2 amide bonds. The highest BCUT2D eigenvalue weighted by atomic mass is 16.2. The van der Waals surface area contributed by atoms with E-state index in [9.17, 15) is 9.59 Å². The molecule has 0 spiro atoms. The van der Waals surface area contributed by atoms with Gasteiger partial charge in [-0.2, -0.15) is 0 Å². The monoisotopic (exact) mass is 635 g/mol. The average molecular weight is 636 g/mol. The Labute approximate surface area is 285 Å². The molecule has 5 heteroatoms. The summed E-state index contributed by atoms with van der Waals surface area (Å²) in [5.74, 6) is 0.168. The van der Waals surface area contributed by atoms with Gasteiger partial charge in [0.2, 0.25) is 5.91 Å². The Morgan fingerprint density at radius 1 is 0.625 bits per heavy atom. The van der Waals surface area contributed by atoms with Gasteiger partial charge in [0.15, 0.2) is 0 Å². The van der Waals surface area contributed by atoms with Gasteiger partial charge in [-0.25, -0.2) is 0 Å². The van der Waals surface area contributed by atoms with Crippen LogP contribution in [-0.2, 0) is 10.2 Å². The van der Waals surface area contributed by atoms with Crippen molar-refractivity contribution in [1.29, 1.82) is 0 Å². The van der Waals surface area contributed by atoms with Crippen molar-refractivity contribution in [1.82, 2.24) is 15.5 Å². The fraction of sp³-hybridized carbons (Fsp3) is 0.256. The van der Waals surface area contributed by atoms with Crippen LogP contribution in [-0.4, -0.2) is 49.4 Å². The number of hydrogen-bond acceptors (Lipinski definition) is 3. The number of carbonyl (C=O) groups excluding carboxylic acids is 2. The van der Waals surface area contributed by atoms with Gasteiger partial charge in [0.05, 0.1) is 6.54 Å². The van der Waals surface area contributed by atoms with Crippen LogP contribution in [0, 0.1) is 0 Å². The third-order valence-corrected chi connectivity index (χ3v) is 9.84. The molecule has 0 radical (unpaired) electrons. The largest absolute Gasteiger partial charge is 0.353 e. The number of likely N-dealkylation sites (tertiary alicyclic amines) is 1. The van der Waals surface area contributed by atoms with Crippen LogP contribution in [0.4, 0.5) is 0 Å². The van der Waals surface area contributed by atoms with E-state index in [4.69, 9.17) is 0 Å². The summed E-state index contributed by atoms with van der Waals surface area (Å²) in [5.41, 5.74) is 6.08. The SMILES string of the molecule is O=C(CNC(=O)c1ccc(-c2ccccc2)cc1)NCC(CCCN1CCC(c2ccccc2)CC1)(c1ccccc1)c1ccccc1. The number of rotatable bonds is 13. The van der Waals surface area contributed by atoms with Crippen LogP contribution in [0.2, 0.25) is 0 Å². The molecule has 5 aromatic rings. The van der Waals surface area contributed by atoms with E-state index in [1.54, 1.807) is 12.1 Å². The summed E-state index contributed by atoms with van der Waals surface area (Å²) in [7, 11) is 0. The zero-order valence-corrected chi connectivity index (χ0v) is 27.6. The van der Waals surface area contributed by atoms with Crippen LogP contribution in [0.3, 0.4) is 0 Å². The van der Waals surface area contributed by atoms with E-state index in [1.165, 1.54) is 29.5 Å². The molecule has 2 N–H and O–H groups in total. The molecule has 0 unspecified atom stereocenters. The number of nitrogens with zero attached hydrogens (tertiary/aromatic N) is 1. The summed E-state index contributed by atoms with van der Waals surface area (Å²) in [6.07, 6.45) is 4.27. The van der Waals surface area contributed by atoms with Gasteiger partial charge in [0.1, 0.15) is 0 Å². The zero-order valence-electron chi connectivity index (χ0n) is 27.6. The molecule has 0 bridgehead atoms. The molecule has 1 aliphatic heterocycles. The summed E-state index contributed by atoms with van der Waals surface area (Å²) >= 11 is 0. The van der Waals surface area contributed by atoms with E-state index in [1.807, 2.05) is 54.6 Å². The van der Waals surface area contributed by atoms with Crippen molar-refractivity contribution < 1.29 is 9.59 Å². The van der Waals surface area contributed by atoms with Gasteiger partial charge in [-0.05, 0) is 91.2 Å². The van der Waals surface area contributed by atoms with Crippen molar-refractivity contribution >= 4 is 11.8 Å². The molecule has 1 saturated heterocycles. The second-order valence-corrected chi connectivity index (χ2v) is 12.8. The lowest BCUT2D eigenvalue weighted by molar-refractivity contribution is -0.120. The minimum Gasteiger partial charge on any atom is -0.353 e. The topological polar surface area (TPSA) is 61.4 Å². The van der Waals surface area contributed by atoms with Crippen molar-refractivity contribution in [2.75, 3.05) is 32.7 Å². The molecule has 48 heavy (non-hydrogen) atoms.